The van der Waals surface area contributed by atoms with Crippen LogP contribution in [-0.4, -0.2) is 61.7 Å². The Kier molecular flexibility index (Phi) is 5.63. The van der Waals surface area contributed by atoms with Gasteiger partial charge in [0.15, 0.2) is 0 Å². The predicted molar refractivity (Wildman–Crippen MR) is 107 cm³/mol. The van der Waals surface area contributed by atoms with Crippen LogP contribution in [0.2, 0.25) is 0 Å². The maximum atomic E-state index is 13.0. The van der Waals surface area contributed by atoms with Crippen LogP contribution in [0.5, 0.6) is 5.75 Å². The number of para-hydroxylation sites is 2. The number of likely N-dealkylation sites (N-methyl/N-ethyl adjacent to an activating group) is 2. The zero-order valence-electron chi connectivity index (χ0n) is 17.0. The second kappa shape index (κ2) is 7.96. The summed E-state index contributed by atoms with van der Waals surface area (Å²) < 4.78 is 10.9. The molecule has 0 aliphatic carbocycles. The molecular formula is C21H27N3O4. The Labute approximate surface area is 165 Å². The van der Waals surface area contributed by atoms with E-state index in [0.717, 1.165) is 18.0 Å². The number of carbonyl (C=O) groups is 2. The van der Waals surface area contributed by atoms with Crippen LogP contribution in [0.3, 0.4) is 0 Å². The largest absolute Gasteiger partial charge is 0.485 e. The number of fused-ring (bicyclic) bond motifs is 1. The number of hydrogen-bond acceptors (Lipinski definition) is 5. The van der Waals surface area contributed by atoms with Gasteiger partial charge in [0.25, 0.3) is 5.91 Å². The fraction of sp³-hybridized carbons (Fsp3) is 0.429. The number of anilines is 1. The number of carbonyl (C=O) groups excluding carboxylic acids is 2. The van der Waals surface area contributed by atoms with E-state index < -0.39 is 5.97 Å². The third kappa shape index (κ3) is 3.56. The van der Waals surface area contributed by atoms with Crippen molar-refractivity contribution in [3.8, 4) is 5.75 Å². The van der Waals surface area contributed by atoms with E-state index in [1.807, 2.05) is 24.3 Å². The Bertz CT molecular complexity index is 890. The minimum atomic E-state index is -0.446. The highest BCUT2D eigenvalue weighted by atomic mass is 16.5. The Morgan fingerprint density at radius 2 is 2.04 bits per heavy atom. The molecule has 0 saturated heterocycles. The number of benzene rings is 1. The van der Waals surface area contributed by atoms with Crippen molar-refractivity contribution in [2.24, 2.45) is 0 Å². The third-order valence-electron chi connectivity index (χ3n) is 5.17. The van der Waals surface area contributed by atoms with E-state index in [9.17, 15) is 9.59 Å². The molecule has 1 aromatic heterocycles. The molecule has 7 nitrogen and oxygen atoms in total. The molecule has 1 aliphatic rings. The fourth-order valence-electron chi connectivity index (χ4n) is 3.72. The van der Waals surface area contributed by atoms with Crippen LogP contribution in [0.1, 0.15) is 39.0 Å². The molecule has 1 aromatic carbocycles. The van der Waals surface area contributed by atoms with Crippen molar-refractivity contribution >= 4 is 17.6 Å². The van der Waals surface area contributed by atoms with E-state index in [4.69, 9.17) is 9.47 Å². The van der Waals surface area contributed by atoms with Gasteiger partial charge in [0.1, 0.15) is 17.5 Å². The number of esters is 1. The van der Waals surface area contributed by atoms with Crippen LogP contribution in [0, 0.1) is 13.8 Å². The maximum absolute atomic E-state index is 13.0. The summed E-state index contributed by atoms with van der Waals surface area (Å²) in [6, 6.07) is 7.94. The summed E-state index contributed by atoms with van der Waals surface area (Å²) in [6.07, 6.45) is -0.139. The summed E-state index contributed by atoms with van der Waals surface area (Å²) >= 11 is 0. The highest BCUT2D eigenvalue weighted by Crippen LogP contribution is 2.33. The molecule has 0 saturated carbocycles. The van der Waals surface area contributed by atoms with Crippen LogP contribution < -0.4 is 9.64 Å². The zero-order valence-corrected chi connectivity index (χ0v) is 17.0. The number of ether oxygens (including phenoxy) is 2. The molecule has 0 bridgehead atoms. The third-order valence-corrected chi connectivity index (χ3v) is 5.17. The highest BCUT2D eigenvalue weighted by Gasteiger charge is 2.29. The molecule has 2 aromatic rings. The Morgan fingerprint density at radius 1 is 1.32 bits per heavy atom. The van der Waals surface area contributed by atoms with Crippen molar-refractivity contribution in [3.63, 3.8) is 0 Å². The molecule has 1 N–H and O–H groups in total. The first-order chi connectivity index (χ1) is 13.4. The van der Waals surface area contributed by atoms with Crippen LogP contribution in [0.25, 0.3) is 0 Å². The summed E-state index contributed by atoms with van der Waals surface area (Å²) in [6.45, 7) is 7.63. The quantitative estimate of drug-likeness (QED) is 0.801. The smallest absolute Gasteiger partial charge is 0.339 e. The molecule has 0 radical (unpaired) electrons. The molecule has 0 fully saturated rings. The lowest BCUT2D eigenvalue weighted by Crippen LogP contribution is -2.47. The molecule has 1 unspecified atom stereocenters. The summed E-state index contributed by atoms with van der Waals surface area (Å²) in [4.78, 5) is 31.9. The first-order valence-electron chi connectivity index (χ1n) is 9.40. The Morgan fingerprint density at radius 3 is 2.71 bits per heavy atom. The molecule has 7 heteroatoms. The van der Waals surface area contributed by atoms with Crippen molar-refractivity contribution in [2.75, 3.05) is 38.7 Å². The molecule has 150 valence electrons. The van der Waals surface area contributed by atoms with Crippen LogP contribution >= 0.6 is 0 Å². The number of amides is 1. The number of aryl methyl sites for hydroxylation is 1. The second-order valence-corrected chi connectivity index (χ2v) is 7.05. The lowest BCUT2D eigenvalue weighted by molar-refractivity contribution is 0.0599. The summed E-state index contributed by atoms with van der Waals surface area (Å²) in [5.41, 5.74) is 3.13. The maximum Gasteiger partial charge on any atom is 0.339 e. The standard InChI is InChI=1S/C21H27N3O4/c1-6-24-12-15(28-17-10-8-7-9-16(17)24)11-23(4)20(25)19-13(2)18(14(3)22-19)21(26)27-5/h7-10,15,22H,6,11-12H2,1-5H3. The number of nitrogens with zero attached hydrogens (tertiary/aromatic N) is 2. The first kappa shape index (κ1) is 19.8. The van der Waals surface area contributed by atoms with Crippen LogP contribution in [0.4, 0.5) is 5.69 Å². The molecule has 0 spiro atoms. The topological polar surface area (TPSA) is 74.9 Å². The molecule has 1 amide bonds. The second-order valence-electron chi connectivity index (χ2n) is 7.05. The Hall–Kier alpha value is -2.96. The van der Waals surface area contributed by atoms with Crippen molar-refractivity contribution in [3.05, 3.63) is 46.8 Å². The van der Waals surface area contributed by atoms with Gasteiger partial charge in [0, 0.05) is 19.3 Å². The first-order valence-corrected chi connectivity index (χ1v) is 9.40. The van der Waals surface area contributed by atoms with Gasteiger partial charge in [-0.3, -0.25) is 4.79 Å². The minimum Gasteiger partial charge on any atom is -0.485 e. The molecule has 3 rings (SSSR count). The van der Waals surface area contributed by atoms with Gasteiger partial charge in [-0.25, -0.2) is 4.79 Å². The van der Waals surface area contributed by atoms with E-state index in [1.165, 1.54) is 7.11 Å². The molecule has 1 aliphatic heterocycles. The normalized spacial score (nSPS) is 15.6. The SMILES string of the molecule is CCN1CC(CN(C)C(=O)c2[nH]c(C)c(C(=O)OC)c2C)Oc2ccccc21. The van der Waals surface area contributed by atoms with Gasteiger partial charge in [0.05, 0.1) is 31.5 Å². The minimum absolute atomic E-state index is 0.139. The van der Waals surface area contributed by atoms with Crippen LogP contribution in [0.15, 0.2) is 24.3 Å². The molecule has 1 atom stereocenters. The Balaban J connectivity index is 1.76. The van der Waals surface area contributed by atoms with Gasteiger partial charge in [-0.05, 0) is 38.5 Å². The van der Waals surface area contributed by atoms with Crippen molar-refractivity contribution in [1.82, 2.24) is 9.88 Å². The number of hydrogen-bond donors (Lipinski definition) is 1. The number of nitrogens with one attached hydrogen (secondary N) is 1. The lowest BCUT2D eigenvalue weighted by atomic mass is 10.1. The average molecular weight is 385 g/mol. The predicted octanol–water partition coefficient (Wildman–Crippen LogP) is 2.78. The van der Waals surface area contributed by atoms with Crippen molar-refractivity contribution in [1.29, 1.82) is 0 Å². The van der Waals surface area contributed by atoms with Crippen molar-refractivity contribution < 1.29 is 19.1 Å². The van der Waals surface area contributed by atoms with E-state index in [0.29, 0.717) is 35.6 Å². The van der Waals surface area contributed by atoms with Crippen molar-refractivity contribution in [2.45, 2.75) is 26.9 Å². The summed E-state index contributed by atoms with van der Waals surface area (Å²) in [5.74, 6) is 0.210. The number of H-pyrrole nitrogens is 1. The van der Waals surface area contributed by atoms with Gasteiger partial charge in [-0.15, -0.1) is 0 Å². The van der Waals surface area contributed by atoms with E-state index in [2.05, 4.69) is 16.8 Å². The van der Waals surface area contributed by atoms with Gasteiger partial charge in [0.2, 0.25) is 0 Å². The highest BCUT2D eigenvalue weighted by molar-refractivity contribution is 6.00. The van der Waals surface area contributed by atoms with Gasteiger partial charge in [-0.2, -0.15) is 0 Å². The lowest BCUT2D eigenvalue weighted by Gasteiger charge is -2.37. The molecule has 2 heterocycles. The molecule has 28 heavy (non-hydrogen) atoms. The number of methoxy groups -OCH3 is 1. The van der Waals surface area contributed by atoms with Gasteiger partial charge < -0.3 is 24.3 Å². The van der Waals surface area contributed by atoms with E-state index in [1.54, 1.807) is 25.8 Å². The van der Waals surface area contributed by atoms with E-state index in [-0.39, 0.29) is 12.0 Å². The summed E-state index contributed by atoms with van der Waals surface area (Å²) in [5, 5.41) is 0. The average Bonchev–Trinajstić information content (AvgIpc) is 3.00. The zero-order chi connectivity index (χ0) is 20.4. The van der Waals surface area contributed by atoms with Gasteiger partial charge >= 0.3 is 5.97 Å². The summed E-state index contributed by atoms with van der Waals surface area (Å²) in [7, 11) is 3.08. The van der Waals surface area contributed by atoms with Gasteiger partial charge in [-0.1, -0.05) is 12.1 Å². The van der Waals surface area contributed by atoms with E-state index >= 15 is 0 Å². The number of aromatic amines is 1. The fourth-order valence-corrected chi connectivity index (χ4v) is 3.72. The monoisotopic (exact) mass is 385 g/mol. The van der Waals surface area contributed by atoms with Crippen LogP contribution in [-0.2, 0) is 4.74 Å². The number of rotatable bonds is 5. The number of aromatic nitrogens is 1. The molecular weight excluding hydrogens is 358 g/mol.